The molecule has 0 radical (unpaired) electrons. The Morgan fingerprint density at radius 1 is 1.12 bits per heavy atom. The largest absolute Gasteiger partial charge is 0.346 e. The molecule has 0 unspecified atom stereocenters. The molecule has 0 atom stereocenters. The van der Waals surface area contributed by atoms with E-state index in [1.807, 2.05) is 24.4 Å². The van der Waals surface area contributed by atoms with Crippen molar-refractivity contribution in [3.05, 3.63) is 54.9 Å². The van der Waals surface area contributed by atoms with Gasteiger partial charge in [-0.3, -0.25) is 9.78 Å². The lowest BCUT2D eigenvalue weighted by molar-refractivity contribution is -0.116. The summed E-state index contributed by atoms with van der Waals surface area (Å²) in [5.74, 6) is -0.0961. The number of amides is 1. The van der Waals surface area contributed by atoms with E-state index in [9.17, 15) is 4.79 Å². The minimum Gasteiger partial charge on any atom is -0.346 e. The monoisotopic (exact) mass is 333 g/mol. The number of hydrogen-bond acceptors (Lipinski definition) is 5. The molecule has 0 aliphatic heterocycles. The summed E-state index contributed by atoms with van der Waals surface area (Å²) in [4.78, 5) is 23.7. The van der Waals surface area contributed by atoms with Crippen LogP contribution in [0.15, 0.2) is 49.2 Å². The molecule has 4 aromatic heterocycles. The zero-order valence-corrected chi connectivity index (χ0v) is 13.2. The van der Waals surface area contributed by atoms with Crippen molar-refractivity contribution in [3.63, 3.8) is 0 Å². The van der Waals surface area contributed by atoms with E-state index in [1.54, 1.807) is 24.8 Å². The number of H-pyrrole nitrogens is 2. The van der Waals surface area contributed by atoms with Gasteiger partial charge in [0.1, 0.15) is 5.65 Å². The van der Waals surface area contributed by atoms with E-state index in [0.29, 0.717) is 18.5 Å². The molecule has 0 aliphatic carbocycles. The molecule has 1 amide bonds. The third kappa shape index (κ3) is 3.37. The fraction of sp³-hybridized carbons (Fsp3) is 0.118. The van der Waals surface area contributed by atoms with Crippen molar-refractivity contribution >= 4 is 22.6 Å². The van der Waals surface area contributed by atoms with Gasteiger partial charge in [-0.25, -0.2) is 4.98 Å². The molecule has 3 N–H and O–H groups in total. The van der Waals surface area contributed by atoms with Gasteiger partial charge < -0.3 is 10.3 Å². The maximum atomic E-state index is 12.1. The van der Waals surface area contributed by atoms with Crippen LogP contribution < -0.4 is 5.32 Å². The number of hydrogen-bond donors (Lipinski definition) is 3. The van der Waals surface area contributed by atoms with Gasteiger partial charge in [0.05, 0.1) is 23.8 Å². The zero-order chi connectivity index (χ0) is 17.1. The maximum Gasteiger partial charge on any atom is 0.224 e. The molecule has 8 heteroatoms. The molecule has 0 saturated carbocycles. The number of nitrogens with zero attached hydrogens (tertiary/aromatic N) is 4. The van der Waals surface area contributed by atoms with Crippen molar-refractivity contribution < 1.29 is 4.79 Å². The molecule has 0 aromatic carbocycles. The minimum atomic E-state index is -0.0961. The van der Waals surface area contributed by atoms with Crippen molar-refractivity contribution in [2.24, 2.45) is 0 Å². The third-order valence-corrected chi connectivity index (χ3v) is 3.83. The quantitative estimate of drug-likeness (QED) is 0.519. The van der Waals surface area contributed by atoms with E-state index in [-0.39, 0.29) is 5.91 Å². The van der Waals surface area contributed by atoms with Crippen molar-refractivity contribution in [1.29, 1.82) is 0 Å². The van der Waals surface area contributed by atoms with E-state index in [4.69, 9.17) is 0 Å². The Bertz CT molecular complexity index is 1010. The Morgan fingerprint density at radius 2 is 2.04 bits per heavy atom. The lowest BCUT2D eigenvalue weighted by Crippen LogP contribution is -2.12. The van der Waals surface area contributed by atoms with Crippen LogP contribution in [0.25, 0.3) is 22.2 Å². The van der Waals surface area contributed by atoms with Crippen molar-refractivity contribution in [2.45, 2.75) is 12.8 Å². The number of carbonyl (C=O) groups excluding carboxylic acids is 1. The van der Waals surface area contributed by atoms with Crippen LogP contribution in [0.4, 0.5) is 5.69 Å². The molecule has 25 heavy (non-hydrogen) atoms. The zero-order valence-electron chi connectivity index (χ0n) is 13.2. The van der Waals surface area contributed by atoms with Crippen LogP contribution in [0.1, 0.15) is 12.1 Å². The average molecular weight is 333 g/mol. The molecule has 124 valence electrons. The lowest BCUT2D eigenvalue weighted by Gasteiger charge is -2.07. The Morgan fingerprint density at radius 3 is 2.92 bits per heavy atom. The molecular formula is C17H15N7O. The Kier molecular flexibility index (Phi) is 3.91. The summed E-state index contributed by atoms with van der Waals surface area (Å²) in [7, 11) is 0. The highest BCUT2D eigenvalue weighted by atomic mass is 16.1. The van der Waals surface area contributed by atoms with Crippen LogP contribution in [-0.2, 0) is 11.2 Å². The summed E-state index contributed by atoms with van der Waals surface area (Å²) >= 11 is 0. The second-order valence-corrected chi connectivity index (χ2v) is 5.61. The summed E-state index contributed by atoms with van der Waals surface area (Å²) < 4.78 is 0. The highest BCUT2D eigenvalue weighted by Gasteiger charge is 2.07. The summed E-state index contributed by atoms with van der Waals surface area (Å²) in [6.45, 7) is 0. The number of fused-ring (bicyclic) bond motifs is 1. The van der Waals surface area contributed by atoms with Gasteiger partial charge in [-0.15, -0.1) is 0 Å². The van der Waals surface area contributed by atoms with Crippen LogP contribution in [-0.4, -0.2) is 36.3 Å². The first-order chi connectivity index (χ1) is 12.3. The van der Waals surface area contributed by atoms with Gasteiger partial charge in [-0.2, -0.15) is 15.4 Å². The molecule has 0 fully saturated rings. The Labute approximate surface area is 142 Å². The smallest absolute Gasteiger partial charge is 0.224 e. The molecule has 0 aliphatic rings. The highest BCUT2D eigenvalue weighted by Crippen LogP contribution is 2.23. The summed E-state index contributed by atoms with van der Waals surface area (Å²) in [5.41, 5.74) is 4.09. The number of carbonyl (C=O) groups is 1. The summed E-state index contributed by atoms with van der Waals surface area (Å²) in [6.07, 6.45) is 9.48. The predicted molar refractivity (Wildman–Crippen MR) is 92.7 cm³/mol. The molecule has 0 saturated heterocycles. The first-order valence-electron chi connectivity index (χ1n) is 7.81. The van der Waals surface area contributed by atoms with E-state index in [1.165, 1.54) is 0 Å². The SMILES string of the molecule is O=C(CCc1cn[nH]n1)Nc1cncc(-c2cnc3[nH]ccc3c2)c1. The van der Waals surface area contributed by atoms with Gasteiger partial charge in [0.25, 0.3) is 0 Å². The molecule has 0 spiro atoms. The van der Waals surface area contributed by atoms with Gasteiger partial charge in [0.15, 0.2) is 0 Å². The van der Waals surface area contributed by atoms with Gasteiger partial charge >= 0.3 is 0 Å². The summed E-state index contributed by atoms with van der Waals surface area (Å²) in [5, 5.41) is 14.1. The van der Waals surface area contributed by atoms with Crippen LogP contribution >= 0.6 is 0 Å². The number of nitrogens with one attached hydrogen (secondary N) is 3. The molecule has 4 heterocycles. The number of aromatic amines is 2. The Hall–Kier alpha value is -3.55. The first-order valence-corrected chi connectivity index (χ1v) is 7.81. The van der Waals surface area contributed by atoms with Crippen LogP contribution in [0, 0.1) is 0 Å². The maximum absolute atomic E-state index is 12.1. The minimum absolute atomic E-state index is 0.0961. The van der Waals surface area contributed by atoms with Crippen molar-refractivity contribution in [3.8, 4) is 11.1 Å². The molecule has 4 aromatic rings. The Balaban J connectivity index is 1.48. The molecule has 8 nitrogen and oxygen atoms in total. The first kappa shape index (κ1) is 15.0. The van der Waals surface area contributed by atoms with Crippen LogP contribution in [0.5, 0.6) is 0 Å². The highest BCUT2D eigenvalue weighted by molar-refractivity contribution is 5.91. The molecule has 0 bridgehead atoms. The number of aromatic nitrogens is 6. The van der Waals surface area contributed by atoms with E-state index >= 15 is 0 Å². The topological polar surface area (TPSA) is 112 Å². The lowest BCUT2D eigenvalue weighted by atomic mass is 10.1. The van der Waals surface area contributed by atoms with Gasteiger partial charge in [0, 0.05) is 47.9 Å². The van der Waals surface area contributed by atoms with Crippen molar-refractivity contribution in [2.75, 3.05) is 5.32 Å². The number of aryl methyl sites for hydroxylation is 1. The van der Waals surface area contributed by atoms with Crippen molar-refractivity contribution in [1.82, 2.24) is 30.4 Å². The molecular weight excluding hydrogens is 318 g/mol. The van der Waals surface area contributed by atoms with E-state index in [2.05, 4.69) is 35.7 Å². The fourth-order valence-electron chi connectivity index (χ4n) is 2.57. The molecule has 4 rings (SSSR count). The fourth-order valence-corrected chi connectivity index (χ4v) is 2.57. The number of anilines is 1. The average Bonchev–Trinajstić information content (AvgIpc) is 3.31. The third-order valence-electron chi connectivity index (χ3n) is 3.83. The standard InChI is InChI=1S/C17H15N7O/c25-16(2-1-14-10-21-24-23-14)22-15-6-13(7-18-9-15)12-5-11-3-4-19-17(11)20-8-12/h3-10H,1-2H2,(H,19,20)(H,22,25)(H,21,23,24). The number of rotatable bonds is 5. The predicted octanol–water partition coefficient (Wildman–Crippen LogP) is 2.31. The normalized spacial score (nSPS) is 10.9. The van der Waals surface area contributed by atoms with E-state index < -0.39 is 0 Å². The van der Waals surface area contributed by atoms with Gasteiger partial charge in [-0.05, 0) is 18.2 Å². The number of pyridine rings is 2. The van der Waals surface area contributed by atoms with Crippen LogP contribution in [0.3, 0.4) is 0 Å². The van der Waals surface area contributed by atoms with Gasteiger partial charge in [-0.1, -0.05) is 0 Å². The van der Waals surface area contributed by atoms with E-state index in [0.717, 1.165) is 27.9 Å². The van der Waals surface area contributed by atoms with Crippen LogP contribution in [0.2, 0.25) is 0 Å². The second kappa shape index (κ2) is 6.52. The van der Waals surface area contributed by atoms with Gasteiger partial charge in [0.2, 0.25) is 5.91 Å². The second-order valence-electron chi connectivity index (χ2n) is 5.61. The summed E-state index contributed by atoms with van der Waals surface area (Å²) in [6, 6.07) is 5.89.